The van der Waals surface area contributed by atoms with Gasteiger partial charge in [0.1, 0.15) is 6.04 Å². The summed E-state index contributed by atoms with van der Waals surface area (Å²) in [6, 6.07) is 15.7. The molecule has 2 aromatic carbocycles. The second-order valence-electron chi connectivity index (χ2n) is 5.53. The molecule has 3 rings (SSSR count). The Morgan fingerprint density at radius 3 is 2.23 bits per heavy atom. The summed E-state index contributed by atoms with van der Waals surface area (Å²) in [4.78, 5) is 37.9. The Bertz CT molecular complexity index is 979. The maximum Gasteiger partial charge on any atom is 0.441 e. The molecule has 0 aliphatic carbocycles. The van der Waals surface area contributed by atoms with E-state index >= 15 is 0 Å². The van der Waals surface area contributed by atoms with Crippen LogP contribution in [0.3, 0.4) is 0 Å². The number of benzene rings is 2. The van der Waals surface area contributed by atoms with E-state index in [9.17, 15) is 19.5 Å². The van der Waals surface area contributed by atoms with E-state index in [1.54, 1.807) is 60.7 Å². The first-order valence-electron chi connectivity index (χ1n) is 7.81. The van der Waals surface area contributed by atoms with Gasteiger partial charge in [-0.3, -0.25) is 14.2 Å². The number of amides is 1. The van der Waals surface area contributed by atoms with Crippen LogP contribution in [0.15, 0.2) is 70.0 Å². The summed E-state index contributed by atoms with van der Waals surface area (Å²) in [7, 11) is 0. The van der Waals surface area contributed by atoms with Gasteiger partial charge in [0, 0.05) is 17.8 Å². The monoisotopic (exact) mass is 354 g/mol. The lowest BCUT2D eigenvalue weighted by Crippen LogP contribution is -2.50. The van der Waals surface area contributed by atoms with Crippen LogP contribution in [0.25, 0.3) is 5.69 Å². The van der Waals surface area contributed by atoms with Crippen molar-refractivity contribution in [2.24, 2.45) is 0 Å². The molecule has 26 heavy (non-hydrogen) atoms. The van der Waals surface area contributed by atoms with Gasteiger partial charge in [0.15, 0.2) is 0 Å². The first-order valence-corrected chi connectivity index (χ1v) is 7.81. The Hall–Kier alpha value is -3.68. The molecule has 2 N–H and O–H groups in total. The van der Waals surface area contributed by atoms with Crippen molar-refractivity contribution in [1.82, 2.24) is 5.27 Å². The number of carbonyl (C=O) groups is 2. The summed E-state index contributed by atoms with van der Waals surface area (Å²) in [5.74, 6) is -1.99. The molecule has 8 heteroatoms. The molecule has 0 fully saturated rings. The lowest BCUT2D eigenvalue weighted by molar-refractivity contribution is -0.672. The van der Waals surface area contributed by atoms with Crippen molar-refractivity contribution < 1.29 is 23.9 Å². The van der Waals surface area contributed by atoms with Crippen LogP contribution in [0.2, 0.25) is 0 Å². The number of aromatic nitrogens is 2. The zero-order valence-corrected chi connectivity index (χ0v) is 13.8. The number of anilines is 1. The average Bonchev–Trinajstić information content (AvgIpc) is 3.05. The number of carboxylic acid groups (broad SMARTS) is 1. The first-order chi connectivity index (χ1) is 12.5. The van der Waals surface area contributed by atoms with Gasteiger partial charge in [0.05, 0.1) is 0 Å². The van der Waals surface area contributed by atoms with Gasteiger partial charge in [-0.15, -0.1) is 0 Å². The fraction of sp³-hybridized carbons (Fsp3) is 0.111. The van der Waals surface area contributed by atoms with Crippen LogP contribution in [0.1, 0.15) is 17.4 Å². The summed E-state index contributed by atoms with van der Waals surface area (Å²) in [5.41, 5.74) is -0.365. The Labute approximate surface area is 147 Å². The third-order valence-electron chi connectivity index (χ3n) is 3.86. The second kappa shape index (κ2) is 7.06. The van der Waals surface area contributed by atoms with Crippen molar-refractivity contribution in [2.75, 3.05) is 4.90 Å². The predicted octanol–water partition coefficient (Wildman–Crippen LogP) is 1.36. The maximum atomic E-state index is 13.1. The zero-order chi connectivity index (χ0) is 18.7. The SMILES string of the molecule is C[C@@H](C(=O)O)N(C(=O)c1c(=O)o[nH][n+]1-c1ccccc1)c1ccccc1. The highest BCUT2D eigenvalue weighted by Gasteiger charge is 2.38. The summed E-state index contributed by atoms with van der Waals surface area (Å²) in [6.07, 6.45) is 0. The van der Waals surface area contributed by atoms with E-state index in [0.29, 0.717) is 11.4 Å². The highest BCUT2D eigenvalue weighted by Crippen LogP contribution is 2.18. The van der Waals surface area contributed by atoms with Gasteiger partial charge in [-0.1, -0.05) is 36.4 Å². The molecule has 0 aliphatic rings. The number of carbonyl (C=O) groups excluding carboxylic acids is 1. The molecule has 0 unspecified atom stereocenters. The molecule has 1 aromatic heterocycles. The number of rotatable bonds is 5. The minimum absolute atomic E-state index is 0.326. The molecule has 0 radical (unpaired) electrons. The van der Waals surface area contributed by atoms with Crippen molar-refractivity contribution in [1.29, 1.82) is 0 Å². The minimum atomic E-state index is -1.20. The molecule has 1 atom stereocenters. The van der Waals surface area contributed by atoms with E-state index < -0.39 is 23.5 Å². The average molecular weight is 354 g/mol. The molecule has 0 saturated carbocycles. The van der Waals surface area contributed by atoms with E-state index in [-0.39, 0.29) is 5.69 Å². The smallest absolute Gasteiger partial charge is 0.441 e. The van der Waals surface area contributed by atoms with E-state index in [1.165, 1.54) is 11.6 Å². The molecule has 0 saturated heterocycles. The van der Waals surface area contributed by atoms with Crippen LogP contribution in [0, 0.1) is 0 Å². The fourth-order valence-corrected chi connectivity index (χ4v) is 2.54. The number of hydrogen-bond donors (Lipinski definition) is 2. The highest BCUT2D eigenvalue weighted by atomic mass is 16.5. The molecule has 3 aromatic rings. The minimum Gasteiger partial charge on any atom is -0.480 e. The summed E-state index contributed by atoms with van der Waals surface area (Å²) < 4.78 is 5.97. The number of H-pyrrole nitrogens is 1. The lowest BCUT2D eigenvalue weighted by Gasteiger charge is -2.24. The van der Waals surface area contributed by atoms with E-state index in [2.05, 4.69) is 5.27 Å². The summed E-state index contributed by atoms with van der Waals surface area (Å²) in [5, 5.41) is 11.8. The maximum absolute atomic E-state index is 13.1. The van der Waals surface area contributed by atoms with Crippen molar-refractivity contribution in [2.45, 2.75) is 13.0 Å². The van der Waals surface area contributed by atoms with Crippen LogP contribution in [0.5, 0.6) is 0 Å². The number of aromatic amines is 1. The van der Waals surface area contributed by atoms with Gasteiger partial charge < -0.3 is 5.11 Å². The van der Waals surface area contributed by atoms with Gasteiger partial charge in [-0.2, -0.15) is 0 Å². The van der Waals surface area contributed by atoms with Crippen LogP contribution in [-0.2, 0) is 4.79 Å². The van der Waals surface area contributed by atoms with Gasteiger partial charge in [0.25, 0.3) is 0 Å². The van der Waals surface area contributed by atoms with Gasteiger partial charge in [-0.25, -0.2) is 9.59 Å². The Morgan fingerprint density at radius 2 is 1.65 bits per heavy atom. The Balaban J connectivity index is 2.13. The molecule has 1 heterocycles. The molecule has 0 spiro atoms. The van der Waals surface area contributed by atoms with E-state index in [1.807, 2.05) is 0 Å². The van der Waals surface area contributed by atoms with E-state index in [0.717, 1.165) is 4.90 Å². The number of nitrogens with one attached hydrogen (secondary N) is 1. The normalized spacial score (nSPS) is 11.7. The van der Waals surface area contributed by atoms with Crippen molar-refractivity contribution >= 4 is 17.6 Å². The van der Waals surface area contributed by atoms with Crippen molar-refractivity contribution in [3.63, 3.8) is 0 Å². The third-order valence-corrected chi connectivity index (χ3v) is 3.86. The number of aliphatic carboxylic acids is 1. The predicted molar refractivity (Wildman–Crippen MR) is 91.2 cm³/mol. The zero-order valence-electron chi connectivity index (χ0n) is 13.8. The highest BCUT2D eigenvalue weighted by molar-refractivity contribution is 6.07. The van der Waals surface area contributed by atoms with E-state index in [4.69, 9.17) is 4.52 Å². The standard InChI is InChI=1S/C18H15N3O5/c1-12(17(23)24)20(13-8-4-2-5-9-13)16(22)15-18(25)26-19-21(15)14-10-6-3-7-11-14/h2-12H,1H3,(H-,19,22,23,24,25)/p+1/t12-/m0/s1. The quantitative estimate of drug-likeness (QED) is 0.673. The topological polar surface area (TPSA) is 107 Å². The molecule has 0 bridgehead atoms. The Morgan fingerprint density at radius 1 is 1.08 bits per heavy atom. The molecule has 0 aliphatic heterocycles. The summed E-state index contributed by atoms with van der Waals surface area (Å²) in [6.45, 7) is 1.37. The van der Waals surface area contributed by atoms with Gasteiger partial charge >= 0.3 is 23.2 Å². The first kappa shape index (κ1) is 17.2. The third kappa shape index (κ3) is 3.12. The van der Waals surface area contributed by atoms with Crippen LogP contribution in [-0.4, -0.2) is 28.3 Å². The van der Waals surface area contributed by atoms with Crippen molar-refractivity contribution in [3.8, 4) is 5.69 Å². The molecule has 8 nitrogen and oxygen atoms in total. The van der Waals surface area contributed by atoms with Crippen LogP contribution in [0.4, 0.5) is 5.69 Å². The summed E-state index contributed by atoms with van der Waals surface area (Å²) >= 11 is 0. The van der Waals surface area contributed by atoms with Gasteiger partial charge in [-0.05, 0) is 29.0 Å². The van der Waals surface area contributed by atoms with Crippen LogP contribution < -0.4 is 15.2 Å². The molecule has 1 amide bonds. The lowest BCUT2D eigenvalue weighted by atomic mass is 10.2. The molecular formula is C18H16N3O5+. The molecule has 132 valence electrons. The fourth-order valence-electron chi connectivity index (χ4n) is 2.54. The number of para-hydroxylation sites is 2. The number of carboxylic acids is 1. The molecular weight excluding hydrogens is 338 g/mol. The van der Waals surface area contributed by atoms with Crippen molar-refractivity contribution in [3.05, 3.63) is 76.8 Å². The van der Waals surface area contributed by atoms with Crippen LogP contribution >= 0.6 is 0 Å². The number of nitrogens with zero attached hydrogens (tertiary/aromatic N) is 2. The second-order valence-corrected chi connectivity index (χ2v) is 5.53. The number of hydrogen-bond acceptors (Lipinski definition) is 4. The van der Waals surface area contributed by atoms with Gasteiger partial charge in [0.2, 0.25) is 5.69 Å². The Kier molecular flexibility index (Phi) is 4.66. The largest absolute Gasteiger partial charge is 0.480 e.